The molecule has 1 aromatic carbocycles. The number of nitrogens with one attached hydrogen (secondary N) is 1. The number of hydrogen-bond acceptors (Lipinski definition) is 2. The van der Waals surface area contributed by atoms with Crippen molar-refractivity contribution < 1.29 is 9.59 Å². The second-order valence-electron chi connectivity index (χ2n) is 4.09. The number of benzene rings is 1. The summed E-state index contributed by atoms with van der Waals surface area (Å²) in [6.07, 6.45) is 0. The second kappa shape index (κ2) is 5.28. The molecule has 1 N–H and O–H groups in total. The summed E-state index contributed by atoms with van der Waals surface area (Å²) in [6.45, 7) is 2.68. The van der Waals surface area contributed by atoms with Gasteiger partial charge in [0.25, 0.3) is 5.91 Å². The Bertz CT molecular complexity index is 507. The van der Waals surface area contributed by atoms with Crippen LogP contribution in [0.1, 0.15) is 17.3 Å². The second-order valence-corrected chi connectivity index (χ2v) is 5.41. The molecule has 0 radical (unpaired) electrons. The van der Waals surface area contributed by atoms with Crippen LogP contribution in [0, 0.1) is 0 Å². The zero-order valence-corrected chi connectivity index (χ0v) is 12.1. The molecular weight excluding hydrogens is 320 g/mol. The number of hydrogen-bond donors (Lipinski definition) is 1. The van der Waals surface area contributed by atoms with E-state index in [-0.39, 0.29) is 11.8 Å². The minimum Gasteiger partial charge on any atom is -0.353 e. The van der Waals surface area contributed by atoms with Crippen LogP contribution in [0.5, 0.6) is 0 Å². The zero-order valence-electron chi connectivity index (χ0n) is 9.74. The van der Waals surface area contributed by atoms with Crippen LogP contribution in [0.2, 0.25) is 5.02 Å². The number of carbonyl (C=O) groups is 2. The van der Waals surface area contributed by atoms with Gasteiger partial charge in [-0.15, -0.1) is 0 Å². The van der Waals surface area contributed by atoms with E-state index in [1.807, 2.05) is 0 Å². The van der Waals surface area contributed by atoms with E-state index in [1.165, 1.54) is 4.90 Å². The molecule has 2 rings (SSSR count). The highest BCUT2D eigenvalue weighted by Crippen LogP contribution is 2.23. The number of halogens is 2. The molecule has 96 valence electrons. The van der Waals surface area contributed by atoms with Crippen molar-refractivity contribution >= 4 is 39.3 Å². The highest BCUT2D eigenvalue weighted by Gasteiger charge is 2.30. The van der Waals surface area contributed by atoms with Crippen LogP contribution < -0.4 is 5.32 Å². The largest absolute Gasteiger partial charge is 0.353 e. The molecule has 0 bridgehead atoms. The van der Waals surface area contributed by atoms with Crippen LogP contribution in [-0.4, -0.2) is 35.8 Å². The van der Waals surface area contributed by atoms with E-state index in [9.17, 15) is 9.59 Å². The first-order chi connectivity index (χ1) is 8.50. The van der Waals surface area contributed by atoms with E-state index in [4.69, 9.17) is 11.6 Å². The standard InChI is InChI=1S/C12H12BrClN2O2/c1-7-11(17)15-4-5-16(7)12(18)9-3-2-8(13)6-10(9)14/h2-3,6-7H,4-5H2,1H3,(H,15,17). The molecule has 0 saturated carbocycles. The lowest BCUT2D eigenvalue weighted by Gasteiger charge is -2.33. The van der Waals surface area contributed by atoms with Gasteiger partial charge >= 0.3 is 0 Å². The SMILES string of the molecule is CC1C(=O)NCCN1C(=O)c1ccc(Br)cc1Cl. The van der Waals surface area contributed by atoms with E-state index in [2.05, 4.69) is 21.2 Å². The molecule has 0 aromatic heterocycles. The Balaban J connectivity index is 2.28. The third-order valence-corrected chi connectivity index (χ3v) is 3.73. The first kappa shape index (κ1) is 13.4. The fraction of sp³-hybridized carbons (Fsp3) is 0.333. The molecule has 1 atom stereocenters. The summed E-state index contributed by atoms with van der Waals surface area (Å²) in [6, 6.07) is 4.62. The molecule has 1 aromatic rings. The zero-order chi connectivity index (χ0) is 13.3. The van der Waals surface area contributed by atoms with Crippen LogP contribution >= 0.6 is 27.5 Å². The maximum absolute atomic E-state index is 12.3. The van der Waals surface area contributed by atoms with Gasteiger partial charge in [0, 0.05) is 17.6 Å². The Morgan fingerprint density at radius 2 is 2.28 bits per heavy atom. The fourth-order valence-electron chi connectivity index (χ4n) is 1.88. The predicted molar refractivity (Wildman–Crippen MR) is 72.7 cm³/mol. The first-order valence-electron chi connectivity index (χ1n) is 5.54. The monoisotopic (exact) mass is 330 g/mol. The number of nitrogens with zero attached hydrogens (tertiary/aromatic N) is 1. The average Bonchev–Trinajstić information content (AvgIpc) is 2.32. The van der Waals surface area contributed by atoms with Crippen molar-refractivity contribution in [1.29, 1.82) is 0 Å². The minimum absolute atomic E-state index is 0.136. The molecule has 1 fully saturated rings. The van der Waals surface area contributed by atoms with Crippen molar-refractivity contribution in [3.63, 3.8) is 0 Å². The van der Waals surface area contributed by atoms with E-state index in [1.54, 1.807) is 25.1 Å². The maximum Gasteiger partial charge on any atom is 0.256 e. The molecular formula is C12H12BrClN2O2. The molecule has 1 saturated heterocycles. The van der Waals surface area contributed by atoms with Crippen LogP contribution in [0.15, 0.2) is 22.7 Å². The lowest BCUT2D eigenvalue weighted by Crippen LogP contribution is -2.55. The third-order valence-electron chi connectivity index (χ3n) is 2.92. The molecule has 2 amide bonds. The van der Waals surface area contributed by atoms with Gasteiger partial charge in [0.1, 0.15) is 6.04 Å². The van der Waals surface area contributed by atoms with Crippen molar-refractivity contribution in [3.05, 3.63) is 33.3 Å². The van der Waals surface area contributed by atoms with Crippen molar-refractivity contribution in [2.45, 2.75) is 13.0 Å². The van der Waals surface area contributed by atoms with Crippen molar-refractivity contribution in [3.8, 4) is 0 Å². The van der Waals surface area contributed by atoms with E-state index >= 15 is 0 Å². The summed E-state index contributed by atoms with van der Waals surface area (Å²) in [4.78, 5) is 25.4. The summed E-state index contributed by atoms with van der Waals surface area (Å²) < 4.78 is 0.813. The number of carbonyl (C=O) groups excluding carboxylic acids is 2. The first-order valence-corrected chi connectivity index (χ1v) is 6.71. The smallest absolute Gasteiger partial charge is 0.256 e. The molecule has 6 heteroatoms. The molecule has 1 aliphatic rings. The minimum atomic E-state index is -0.467. The van der Waals surface area contributed by atoms with Gasteiger partial charge < -0.3 is 10.2 Å². The molecule has 18 heavy (non-hydrogen) atoms. The summed E-state index contributed by atoms with van der Waals surface area (Å²) in [5, 5.41) is 3.10. The molecule has 0 aliphatic carbocycles. The summed E-state index contributed by atoms with van der Waals surface area (Å²) in [5.74, 6) is -0.349. The molecule has 1 unspecified atom stereocenters. The van der Waals surface area contributed by atoms with Gasteiger partial charge in [-0.3, -0.25) is 9.59 Å². The van der Waals surface area contributed by atoms with Crippen molar-refractivity contribution in [2.75, 3.05) is 13.1 Å². The fourth-order valence-corrected chi connectivity index (χ4v) is 2.63. The highest BCUT2D eigenvalue weighted by atomic mass is 79.9. The van der Waals surface area contributed by atoms with E-state index in [0.717, 1.165) is 4.47 Å². The third kappa shape index (κ3) is 2.52. The van der Waals surface area contributed by atoms with Gasteiger partial charge in [-0.25, -0.2) is 0 Å². The molecule has 4 nitrogen and oxygen atoms in total. The van der Waals surface area contributed by atoms with Crippen LogP contribution in [-0.2, 0) is 4.79 Å². The quantitative estimate of drug-likeness (QED) is 0.856. The number of amides is 2. The van der Waals surface area contributed by atoms with Gasteiger partial charge in [0.15, 0.2) is 0 Å². The Labute approximate surface area is 118 Å². The normalized spacial score (nSPS) is 19.6. The van der Waals surface area contributed by atoms with Gasteiger partial charge in [-0.2, -0.15) is 0 Å². The van der Waals surface area contributed by atoms with Crippen LogP contribution in [0.3, 0.4) is 0 Å². The van der Waals surface area contributed by atoms with Gasteiger partial charge in [-0.1, -0.05) is 27.5 Å². The lowest BCUT2D eigenvalue weighted by atomic mass is 10.1. The van der Waals surface area contributed by atoms with Crippen molar-refractivity contribution in [1.82, 2.24) is 10.2 Å². The predicted octanol–water partition coefficient (Wildman–Crippen LogP) is 2.06. The van der Waals surface area contributed by atoms with Gasteiger partial charge in [-0.05, 0) is 25.1 Å². The summed E-state index contributed by atoms with van der Waals surface area (Å²) in [5.41, 5.74) is 0.418. The Morgan fingerprint density at radius 3 is 2.94 bits per heavy atom. The van der Waals surface area contributed by atoms with Crippen LogP contribution in [0.4, 0.5) is 0 Å². The number of piperazine rings is 1. The molecule has 0 spiro atoms. The summed E-state index contributed by atoms with van der Waals surface area (Å²) >= 11 is 9.34. The topological polar surface area (TPSA) is 49.4 Å². The van der Waals surface area contributed by atoms with E-state index in [0.29, 0.717) is 23.7 Å². The van der Waals surface area contributed by atoms with E-state index < -0.39 is 6.04 Å². The highest BCUT2D eigenvalue weighted by molar-refractivity contribution is 9.10. The Kier molecular flexibility index (Phi) is 3.92. The molecule has 1 heterocycles. The Morgan fingerprint density at radius 1 is 1.56 bits per heavy atom. The van der Waals surface area contributed by atoms with Gasteiger partial charge in [0.05, 0.1) is 10.6 Å². The average molecular weight is 332 g/mol. The lowest BCUT2D eigenvalue weighted by molar-refractivity contribution is -0.127. The molecule has 1 aliphatic heterocycles. The van der Waals surface area contributed by atoms with Crippen molar-refractivity contribution in [2.24, 2.45) is 0 Å². The van der Waals surface area contributed by atoms with Crippen LogP contribution in [0.25, 0.3) is 0 Å². The summed E-state index contributed by atoms with van der Waals surface area (Å²) in [7, 11) is 0. The Hall–Kier alpha value is -1.07. The maximum atomic E-state index is 12.3. The number of rotatable bonds is 1. The van der Waals surface area contributed by atoms with Gasteiger partial charge in [0.2, 0.25) is 5.91 Å².